The van der Waals surface area contributed by atoms with E-state index in [1.165, 1.54) is 12.8 Å². The largest absolute Gasteiger partial charge is 0.384 e. The van der Waals surface area contributed by atoms with Crippen LogP contribution in [0.5, 0.6) is 0 Å². The molecule has 2 fully saturated rings. The lowest BCUT2D eigenvalue weighted by atomic mass is 10.0. The number of hydrogen-bond donors (Lipinski definition) is 2. The van der Waals surface area contributed by atoms with Gasteiger partial charge in [0.25, 0.3) is 0 Å². The molecule has 4 aromatic rings. The van der Waals surface area contributed by atoms with Gasteiger partial charge >= 0.3 is 0 Å². The Kier molecular flexibility index (Phi) is 6.91. The van der Waals surface area contributed by atoms with E-state index in [4.69, 9.17) is 10.7 Å². The number of H-pyrrole nitrogens is 1. The summed E-state index contributed by atoms with van der Waals surface area (Å²) in [5.74, 6) is 1.00. The standard InChI is InChI=1S/C30H35N7O2/c1-2-36-28(31)26(29-32-13-14-33-29)27(39)23-11-12-24(34-30(23)36)21-9-7-20(8-10-21)18-25(38)37-17-5-6-22(37)19-35-15-3-4-16-35/h7-14,22H,2-6,15-19,31H2,1H3,(H,32,33). The smallest absolute Gasteiger partial charge is 0.227 e. The first kappa shape index (κ1) is 25.3. The van der Waals surface area contributed by atoms with Crippen molar-refractivity contribution in [2.75, 3.05) is 31.9 Å². The summed E-state index contributed by atoms with van der Waals surface area (Å²) >= 11 is 0. The Hall–Kier alpha value is -3.98. The topological polar surface area (TPSA) is 113 Å². The minimum atomic E-state index is -0.194. The van der Waals surface area contributed by atoms with Crippen LogP contribution in [0.25, 0.3) is 33.7 Å². The highest BCUT2D eigenvalue weighted by atomic mass is 16.2. The van der Waals surface area contributed by atoms with Gasteiger partial charge in [-0.25, -0.2) is 9.97 Å². The molecule has 0 saturated carbocycles. The number of aryl methyl sites for hydroxylation is 1. The lowest BCUT2D eigenvalue weighted by Gasteiger charge is -2.28. The molecular formula is C30H35N7O2. The number of carbonyl (C=O) groups excluding carboxylic acids is 1. The van der Waals surface area contributed by atoms with Crippen LogP contribution in [0.15, 0.2) is 53.6 Å². The number of fused-ring (bicyclic) bond motifs is 1. The molecule has 2 aliphatic heterocycles. The molecule has 1 aromatic carbocycles. The molecular weight excluding hydrogens is 490 g/mol. The molecule has 0 radical (unpaired) electrons. The predicted molar refractivity (Wildman–Crippen MR) is 153 cm³/mol. The maximum absolute atomic E-state index is 13.3. The fourth-order valence-electron chi connectivity index (χ4n) is 6.13. The maximum atomic E-state index is 13.3. The molecule has 3 aromatic heterocycles. The second-order valence-electron chi connectivity index (χ2n) is 10.6. The van der Waals surface area contributed by atoms with Gasteiger partial charge in [-0.2, -0.15) is 0 Å². The highest BCUT2D eigenvalue weighted by Crippen LogP contribution is 2.27. The lowest BCUT2D eigenvalue weighted by molar-refractivity contribution is -0.131. The van der Waals surface area contributed by atoms with Crippen molar-refractivity contribution < 1.29 is 4.79 Å². The molecule has 9 heteroatoms. The molecule has 9 nitrogen and oxygen atoms in total. The van der Waals surface area contributed by atoms with Crippen LogP contribution in [0.1, 0.15) is 38.2 Å². The number of nitrogen functional groups attached to an aromatic ring is 1. The van der Waals surface area contributed by atoms with Gasteiger partial charge in [0, 0.05) is 43.6 Å². The summed E-state index contributed by atoms with van der Waals surface area (Å²) in [5.41, 5.74) is 9.81. The second-order valence-corrected chi connectivity index (χ2v) is 10.6. The van der Waals surface area contributed by atoms with Crippen molar-refractivity contribution in [1.29, 1.82) is 0 Å². The van der Waals surface area contributed by atoms with Crippen molar-refractivity contribution in [2.45, 2.75) is 51.6 Å². The molecule has 0 bridgehead atoms. The van der Waals surface area contributed by atoms with E-state index >= 15 is 0 Å². The Balaban J connectivity index is 1.22. The normalized spacial score (nSPS) is 17.9. The molecule has 39 heavy (non-hydrogen) atoms. The molecule has 5 heterocycles. The third-order valence-corrected chi connectivity index (χ3v) is 8.17. The number of imidazole rings is 1. The third kappa shape index (κ3) is 4.83. The van der Waals surface area contributed by atoms with E-state index in [0.29, 0.717) is 47.2 Å². The molecule has 2 aliphatic rings. The van der Waals surface area contributed by atoms with Gasteiger partial charge in [-0.15, -0.1) is 0 Å². The van der Waals surface area contributed by atoms with Gasteiger partial charge in [-0.1, -0.05) is 24.3 Å². The molecule has 1 amide bonds. The van der Waals surface area contributed by atoms with Gasteiger partial charge in [-0.3, -0.25) is 9.59 Å². The molecule has 6 rings (SSSR count). The van der Waals surface area contributed by atoms with E-state index in [9.17, 15) is 9.59 Å². The summed E-state index contributed by atoms with van der Waals surface area (Å²) in [6.45, 7) is 6.73. The van der Waals surface area contributed by atoms with Crippen LogP contribution in [0.3, 0.4) is 0 Å². The number of likely N-dealkylation sites (tertiary alicyclic amines) is 2. The molecule has 3 N–H and O–H groups in total. The number of carbonyl (C=O) groups is 1. The van der Waals surface area contributed by atoms with E-state index in [0.717, 1.165) is 55.8 Å². The molecule has 2 saturated heterocycles. The Labute approximate surface area is 227 Å². The van der Waals surface area contributed by atoms with E-state index in [1.54, 1.807) is 12.4 Å². The Morgan fingerprint density at radius 2 is 1.87 bits per heavy atom. The monoisotopic (exact) mass is 525 g/mol. The number of benzene rings is 1. The van der Waals surface area contributed by atoms with E-state index in [1.807, 2.05) is 47.9 Å². The maximum Gasteiger partial charge on any atom is 0.227 e. The van der Waals surface area contributed by atoms with E-state index < -0.39 is 0 Å². The summed E-state index contributed by atoms with van der Waals surface area (Å²) in [4.78, 5) is 43.2. The van der Waals surface area contributed by atoms with Gasteiger partial charge in [0.1, 0.15) is 22.9 Å². The summed E-state index contributed by atoms with van der Waals surface area (Å²) in [5, 5.41) is 0.498. The third-order valence-electron chi connectivity index (χ3n) is 8.17. The quantitative estimate of drug-likeness (QED) is 0.381. The van der Waals surface area contributed by atoms with Crippen LogP contribution >= 0.6 is 0 Å². The average Bonchev–Trinajstić information content (AvgIpc) is 3.74. The average molecular weight is 526 g/mol. The Morgan fingerprint density at radius 3 is 2.59 bits per heavy atom. The number of nitrogens with two attached hydrogens (primary N) is 1. The summed E-state index contributed by atoms with van der Waals surface area (Å²) < 4.78 is 1.85. The minimum Gasteiger partial charge on any atom is -0.384 e. The number of amides is 1. The van der Waals surface area contributed by atoms with E-state index in [2.05, 4.69) is 19.8 Å². The lowest BCUT2D eigenvalue weighted by Crippen LogP contribution is -2.43. The summed E-state index contributed by atoms with van der Waals surface area (Å²) in [6, 6.07) is 12.0. The van der Waals surface area contributed by atoms with Gasteiger partial charge in [-0.05, 0) is 63.4 Å². The summed E-state index contributed by atoms with van der Waals surface area (Å²) in [7, 11) is 0. The van der Waals surface area contributed by atoms with Crippen LogP contribution in [-0.4, -0.2) is 67.4 Å². The summed E-state index contributed by atoms with van der Waals surface area (Å²) in [6.07, 6.45) is 8.42. The van der Waals surface area contributed by atoms with Crippen LogP contribution in [0, 0.1) is 0 Å². The number of nitrogens with one attached hydrogen (secondary N) is 1. The van der Waals surface area contributed by atoms with Gasteiger partial charge in [0.2, 0.25) is 11.3 Å². The Bertz CT molecular complexity index is 1540. The fourth-order valence-corrected chi connectivity index (χ4v) is 6.13. The SMILES string of the molecule is CCn1c(N)c(-c2ncc[nH]2)c(=O)c2ccc(-c3ccc(CC(=O)N4CCCC4CN4CCCC4)cc3)nc21. The van der Waals surface area contributed by atoms with Crippen molar-refractivity contribution in [3.05, 3.63) is 64.6 Å². The highest BCUT2D eigenvalue weighted by molar-refractivity contribution is 5.87. The second kappa shape index (κ2) is 10.6. The zero-order valence-electron chi connectivity index (χ0n) is 22.4. The minimum absolute atomic E-state index is 0.194. The number of hydrogen-bond acceptors (Lipinski definition) is 6. The van der Waals surface area contributed by atoms with Gasteiger partial charge in [0.05, 0.1) is 17.5 Å². The zero-order chi connectivity index (χ0) is 26.9. The Morgan fingerprint density at radius 1 is 1.08 bits per heavy atom. The van der Waals surface area contributed by atoms with Crippen LogP contribution < -0.4 is 11.2 Å². The molecule has 0 aliphatic carbocycles. The number of aromatic amines is 1. The zero-order valence-corrected chi connectivity index (χ0v) is 22.4. The number of anilines is 1. The van der Waals surface area contributed by atoms with Crippen molar-refractivity contribution in [1.82, 2.24) is 29.3 Å². The molecule has 1 unspecified atom stereocenters. The number of nitrogens with zero attached hydrogens (tertiary/aromatic N) is 5. The van der Waals surface area contributed by atoms with Crippen molar-refractivity contribution in [2.24, 2.45) is 0 Å². The number of pyridine rings is 2. The van der Waals surface area contributed by atoms with Crippen LogP contribution in [-0.2, 0) is 17.8 Å². The van der Waals surface area contributed by atoms with Crippen molar-refractivity contribution >= 4 is 22.8 Å². The fraction of sp³-hybridized carbons (Fsp3) is 0.400. The van der Waals surface area contributed by atoms with Crippen LogP contribution in [0.2, 0.25) is 0 Å². The van der Waals surface area contributed by atoms with Crippen LogP contribution in [0.4, 0.5) is 5.82 Å². The van der Waals surface area contributed by atoms with Crippen molar-refractivity contribution in [3.8, 4) is 22.6 Å². The first-order valence-corrected chi connectivity index (χ1v) is 14.0. The highest BCUT2D eigenvalue weighted by Gasteiger charge is 2.30. The predicted octanol–water partition coefficient (Wildman–Crippen LogP) is 3.69. The van der Waals surface area contributed by atoms with Gasteiger partial charge in [0.15, 0.2) is 0 Å². The molecule has 202 valence electrons. The molecule has 1 atom stereocenters. The molecule has 0 spiro atoms. The van der Waals surface area contributed by atoms with E-state index in [-0.39, 0.29) is 11.3 Å². The van der Waals surface area contributed by atoms with Gasteiger partial charge < -0.3 is 25.1 Å². The number of aromatic nitrogens is 4. The van der Waals surface area contributed by atoms with Crippen molar-refractivity contribution in [3.63, 3.8) is 0 Å². The number of rotatable bonds is 7. The first-order valence-electron chi connectivity index (χ1n) is 14.0. The first-order chi connectivity index (χ1) is 19.0.